The molecule has 0 atom stereocenters. The molecule has 2 aromatic heterocycles. The molecule has 0 amide bonds. The van der Waals surface area contributed by atoms with Crippen molar-refractivity contribution in [1.82, 2.24) is 9.61 Å². The monoisotopic (exact) mass is 479 g/mol. The average Bonchev–Trinajstić information content (AvgIpc) is 3.22. The van der Waals surface area contributed by atoms with Gasteiger partial charge in [-0.05, 0) is 59.7 Å². The fraction of sp³-hybridized carbons (Fsp3) is 0. The molecule has 2 heterocycles. The standard InChI is InChI=1S/C27H18ClN5S/c28-21-11-13-22(14-12-21)30-27(34)31-26-23(17-29)25-16-20(18-7-3-1-4-8-18)15-24(33(25)32-26)19-9-5-2-6-10-19/h1-16H,(H2,30,31,32,34). The van der Waals surface area contributed by atoms with Crippen molar-refractivity contribution in [3.63, 3.8) is 0 Å². The highest BCUT2D eigenvalue weighted by Crippen LogP contribution is 2.32. The number of halogens is 1. The van der Waals surface area contributed by atoms with Crippen LogP contribution in [-0.2, 0) is 0 Å². The maximum atomic E-state index is 10.0. The Morgan fingerprint density at radius 2 is 1.47 bits per heavy atom. The number of hydrogen-bond donors (Lipinski definition) is 2. The van der Waals surface area contributed by atoms with Gasteiger partial charge in [-0.25, -0.2) is 4.52 Å². The molecule has 0 aliphatic carbocycles. The van der Waals surface area contributed by atoms with Crippen LogP contribution in [-0.4, -0.2) is 14.7 Å². The molecule has 2 N–H and O–H groups in total. The van der Waals surface area contributed by atoms with Crippen LogP contribution in [0, 0.1) is 11.3 Å². The molecule has 0 fully saturated rings. The summed E-state index contributed by atoms with van der Waals surface area (Å²) >= 11 is 11.4. The van der Waals surface area contributed by atoms with Crippen molar-refractivity contribution >= 4 is 46.0 Å². The first-order valence-corrected chi connectivity index (χ1v) is 11.3. The largest absolute Gasteiger partial charge is 0.332 e. The molecule has 0 aliphatic heterocycles. The molecule has 7 heteroatoms. The SMILES string of the molecule is N#Cc1c(NC(=S)Nc2ccc(Cl)cc2)nn2c(-c3ccccc3)cc(-c3ccccc3)cc12. The molecule has 0 bridgehead atoms. The summed E-state index contributed by atoms with van der Waals surface area (Å²) in [7, 11) is 0. The first-order chi connectivity index (χ1) is 16.6. The number of rotatable bonds is 4. The number of fused-ring (bicyclic) bond motifs is 1. The number of hydrogen-bond acceptors (Lipinski definition) is 3. The van der Waals surface area contributed by atoms with E-state index in [1.54, 1.807) is 16.6 Å². The summed E-state index contributed by atoms with van der Waals surface area (Å²) < 4.78 is 1.79. The number of nitrogens with one attached hydrogen (secondary N) is 2. The summed E-state index contributed by atoms with van der Waals surface area (Å²) in [5, 5.41) is 21.9. The lowest BCUT2D eigenvalue weighted by atomic mass is 10.0. The lowest BCUT2D eigenvalue weighted by Crippen LogP contribution is -2.19. The highest BCUT2D eigenvalue weighted by molar-refractivity contribution is 7.80. The molecule has 0 spiro atoms. The quantitative estimate of drug-likeness (QED) is 0.271. The van der Waals surface area contributed by atoms with E-state index in [-0.39, 0.29) is 0 Å². The minimum Gasteiger partial charge on any atom is -0.332 e. The normalized spacial score (nSPS) is 10.6. The Kier molecular flexibility index (Phi) is 5.96. The van der Waals surface area contributed by atoms with Gasteiger partial charge in [0.2, 0.25) is 0 Å². The van der Waals surface area contributed by atoms with Gasteiger partial charge in [-0.15, -0.1) is 5.10 Å². The second kappa shape index (κ2) is 9.36. The molecular formula is C27H18ClN5S. The highest BCUT2D eigenvalue weighted by Gasteiger charge is 2.18. The van der Waals surface area contributed by atoms with Gasteiger partial charge in [0.25, 0.3) is 0 Å². The Morgan fingerprint density at radius 1 is 0.824 bits per heavy atom. The summed E-state index contributed by atoms with van der Waals surface area (Å²) in [6, 6.07) is 33.6. The molecule has 0 aliphatic rings. The number of nitriles is 1. The number of anilines is 2. The number of benzene rings is 3. The predicted molar refractivity (Wildman–Crippen MR) is 142 cm³/mol. The van der Waals surface area contributed by atoms with Crippen LogP contribution in [0.25, 0.3) is 27.9 Å². The maximum absolute atomic E-state index is 10.0. The summed E-state index contributed by atoms with van der Waals surface area (Å²) in [4.78, 5) is 0. The Labute approximate surface area is 207 Å². The highest BCUT2D eigenvalue weighted by atomic mass is 35.5. The number of aromatic nitrogens is 2. The van der Waals surface area contributed by atoms with Gasteiger partial charge in [0.05, 0.1) is 11.2 Å². The van der Waals surface area contributed by atoms with E-state index in [2.05, 4.69) is 22.8 Å². The van der Waals surface area contributed by atoms with Crippen LogP contribution >= 0.6 is 23.8 Å². The molecule has 5 rings (SSSR count). The Hall–Kier alpha value is -4.18. The van der Waals surface area contributed by atoms with Crippen LogP contribution in [0.2, 0.25) is 5.02 Å². The van der Waals surface area contributed by atoms with E-state index >= 15 is 0 Å². The Morgan fingerprint density at radius 3 is 2.12 bits per heavy atom. The summed E-state index contributed by atoms with van der Waals surface area (Å²) in [5.74, 6) is 0.386. The summed E-state index contributed by atoms with van der Waals surface area (Å²) in [5.41, 5.74) is 5.80. The van der Waals surface area contributed by atoms with Crippen LogP contribution in [0.5, 0.6) is 0 Å². The molecule has 0 unspecified atom stereocenters. The molecule has 0 radical (unpaired) electrons. The van der Waals surface area contributed by atoms with E-state index in [0.29, 0.717) is 27.0 Å². The lowest BCUT2D eigenvalue weighted by molar-refractivity contribution is 0.975. The smallest absolute Gasteiger partial charge is 0.176 e. The van der Waals surface area contributed by atoms with Crippen molar-refractivity contribution in [1.29, 1.82) is 5.26 Å². The molecule has 164 valence electrons. The van der Waals surface area contributed by atoms with Crippen LogP contribution in [0.4, 0.5) is 11.5 Å². The Balaban J connectivity index is 1.60. The van der Waals surface area contributed by atoms with Gasteiger partial charge < -0.3 is 10.6 Å². The Bertz CT molecular complexity index is 1520. The van der Waals surface area contributed by atoms with E-state index in [1.807, 2.05) is 78.9 Å². The van der Waals surface area contributed by atoms with Crippen LogP contribution in [0.3, 0.4) is 0 Å². The third-order valence-electron chi connectivity index (χ3n) is 5.36. The van der Waals surface area contributed by atoms with Gasteiger partial charge in [0, 0.05) is 16.3 Å². The van der Waals surface area contributed by atoms with Gasteiger partial charge in [0.1, 0.15) is 11.6 Å². The first kappa shape index (κ1) is 21.7. The van der Waals surface area contributed by atoms with Crippen LogP contribution < -0.4 is 10.6 Å². The number of thiocarbonyl (C=S) groups is 1. The maximum Gasteiger partial charge on any atom is 0.176 e. The lowest BCUT2D eigenvalue weighted by Gasteiger charge is -2.09. The second-order valence-corrected chi connectivity index (χ2v) is 8.42. The van der Waals surface area contributed by atoms with E-state index in [0.717, 1.165) is 28.1 Å². The van der Waals surface area contributed by atoms with Gasteiger partial charge in [-0.3, -0.25) is 0 Å². The first-order valence-electron chi connectivity index (χ1n) is 10.5. The van der Waals surface area contributed by atoms with E-state index in [4.69, 9.17) is 28.9 Å². The van der Waals surface area contributed by atoms with E-state index < -0.39 is 0 Å². The molecule has 5 nitrogen and oxygen atoms in total. The number of nitrogens with zero attached hydrogens (tertiary/aromatic N) is 3. The molecule has 5 aromatic rings. The van der Waals surface area contributed by atoms with Crippen molar-refractivity contribution < 1.29 is 0 Å². The minimum atomic E-state index is 0.326. The molecule has 0 saturated heterocycles. The third-order valence-corrected chi connectivity index (χ3v) is 5.81. The van der Waals surface area contributed by atoms with Crippen molar-refractivity contribution in [3.8, 4) is 28.5 Å². The summed E-state index contributed by atoms with van der Waals surface area (Å²) in [6.45, 7) is 0. The summed E-state index contributed by atoms with van der Waals surface area (Å²) in [6.07, 6.45) is 0. The number of pyridine rings is 1. The molecule has 0 saturated carbocycles. The third kappa shape index (κ3) is 4.35. The van der Waals surface area contributed by atoms with E-state index in [9.17, 15) is 5.26 Å². The zero-order valence-corrected chi connectivity index (χ0v) is 19.4. The van der Waals surface area contributed by atoms with Crippen molar-refractivity contribution in [2.45, 2.75) is 0 Å². The van der Waals surface area contributed by atoms with Gasteiger partial charge >= 0.3 is 0 Å². The average molecular weight is 480 g/mol. The van der Waals surface area contributed by atoms with Gasteiger partial charge in [-0.2, -0.15) is 5.26 Å². The van der Waals surface area contributed by atoms with Gasteiger partial charge in [0.15, 0.2) is 10.9 Å². The zero-order valence-electron chi connectivity index (χ0n) is 17.9. The van der Waals surface area contributed by atoms with Crippen LogP contribution in [0.15, 0.2) is 97.1 Å². The van der Waals surface area contributed by atoms with Gasteiger partial charge in [-0.1, -0.05) is 72.3 Å². The zero-order chi connectivity index (χ0) is 23.5. The fourth-order valence-electron chi connectivity index (χ4n) is 3.76. The van der Waals surface area contributed by atoms with Crippen molar-refractivity contribution in [3.05, 3.63) is 108 Å². The second-order valence-electron chi connectivity index (χ2n) is 7.58. The predicted octanol–water partition coefficient (Wildman–Crippen LogP) is 7.00. The molecule has 3 aromatic carbocycles. The van der Waals surface area contributed by atoms with Crippen molar-refractivity contribution in [2.24, 2.45) is 0 Å². The molecular weight excluding hydrogens is 462 g/mol. The van der Waals surface area contributed by atoms with Crippen molar-refractivity contribution in [2.75, 3.05) is 10.6 Å². The molecule has 34 heavy (non-hydrogen) atoms. The topological polar surface area (TPSA) is 65.2 Å². The van der Waals surface area contributed by atoms with E-state index in [1.165, 1.54) is 0 Å². The minimum absolute atomic E-state index is 0.326. The van der Waals surface area contributed by atoms with Crippen LogP contribution in [0.1, 0.15) is 5.56 Å². The fourth-order valence-corrected chi connectivity index (χ4v) is 4.10.